The van der Waals surface area contributed by atoms with Gasteiger partial charge in [-0.25, -0.2) is 4.79 Å². The zero-order valence-corrected chi connectivity index (χ0v) is 6.75. The van der Waals surface area contributed by atoms with E-state index in [0.29, 0.717) is 26.3 Å². The van der Waals surface area contributed by atoms with Crippen LogP contribution in [0.2, 0.25) is 0 Å². The normalized spacial score (nSPS) is 16.8. The van der Waals surface area contributed by atoms with E-state index in [0.717, 1.165) is 0 Å². The lowest BCUT2D eigenvalue weighted by atomic mass is 10.4. The van der Waals surface area contributed by atoms with Gasteiger partial charge in [0.1, 0.15) is 6.54 Å². The minimum Gasteiger partial charge on any atom is -0.378 e. The summed E-state index contributed by atoms with van der Waals surface area (Å²) in [5.41, 5.74) is 0. The van der Waals surface area contributed by atoms with E-state index in [1.54, 1.807) is 4.90 Å². The highest BCUT2D eigenvalue weighted by atomic mass is 16.5. The van der Waals surface area contributed by atoms with Crippen molar-refractivity contribution < 1.29 is 9.53 Å². The first-order chi connectivity index (χ1) is 5.84. The fourth-order valence-electron chi connectivity index (χ4n) is 0.993. The van der Waals surface area contributed by atoms with E-state index in [9.17, 15) is 4.79 Å². The van der Waals surface area contributed by atoms with Crippen LogP contribution in [0.4, 0.5) is 4.79 Å². The quantitative estimate of drug-likeness (QED) is 0.541. The fraction of sp³-hybridized carbons (Fsp3) is 0.714. The van der Waals surface area contributed by atoms with E-state index in [4.69, 9.17) is 10.00 Å². The van der Waals surface area contributed by atoms with Crippen molar-refractivity contribution in [1.82, 2.24) is 10.2 Å². The first-order valence-electron chi connectivity index (χ1n) is 3.82. The van der Waals surface area contributed by atoms with Gasteiger partial charge in [0.25, 0.3) is 0 Å². The second-order valence-corrected chi connectivity index (χ2v) is 2.42. The molecule has 66 valence electrons. The van der Waals surface area contributed by atoms with Gasteiger partial charge in [-0.15, -0.1) is 0 Å². The number of carbonyl (C=O) groups is 1. The van der Waals surface area contributed by atoms with Crippen molar-refractivity contribution in [2.24, 2.45) is 0 Å². The summed E-state index contributed by atoms with van der Waals surface area (Å²) in [5.74, 6) is 0. The van der Waals surface area contributed by atoms with Crippen LogP contribution in [0.5, 0.6) is 0 Å². The Bertz CT molecular complexity index is 193. The minimum absolute atomic E-state index is 0.0657. The lowest BCUT2D eigenvalue weighted by molar-refractivity contribution is 0.0535. The van der Waals surface area contributed by atoms with Crippen LogP contribution >= 0.6 is 0 Å². The van der Waals surface area contributed by atoms with Crippen LogP contribution in [0.3, 0.4) is 0 Å². The molecule has 0 aromatic heterocycles. The van der Waals surface area contributed by atoms with Gasteiger partial charge in [0.2, 0.25) is 0 Å². The average Bonchev–Trinajstić information content (AvgIpc) is 2.15. The maximum absolute atomic E-state index is 11.2. The van der Waals surface area contributed by atoms with Gasteiger partial charge < -0.3 is 15.0 Å². The van der Waals surface area contributed by atoms with Crippen LogP contribution < -0.4 is 5.32 Å². The molecule has 0 aliphatic carbocycles. The van der Waals surface area contributed by atoms with Crippen LogP contribution in [-0.4, -0.2) is 43.8 Å². The molecule has 0 atom stereocenters. The largest absolute Gasteiger partial charge is 0.378 e. The van der Waals surface area contributed by atoms with E-state index in [2.05, 4.69) is 5.32 Å². The van der Waals surface area contributed by atoms with Crippen LogP contribution in [-0.2, 0) is 4.74 Å². The second kappa shape index (κ2) is 4.57. The molecular formula is C7H11N3O2. The summed E-state index contributed by atoms with van der Waals surface area (Å²) in [7, 11) is 0. The molecule has 1 aliphatic rings. The molecule has 0 spiro atoms. The molecule has 1 rings (SSSR count). The average molecular weight is 169 g/mol. The number of nitrogens with zero attached hydrogens (tertiary/aromatic N) is 2. The Morgan fingerprint density at radius 1 is 1.58 bits per heavy atom. The monoisotopic (exact) mass is 169 g/mol. The van der Waals surface area contributed by atoms with Crippen molar-refractivity contribution in [2.75, 3.05) is 32.8 Å². The second-order valence-electron chi connectivity index (χ2n) is 2.42. The highest BCUT2D eigenvalue weighted by Crippen LogP contribution is 1.95. The third kappa shape index (κ3) is 2.40. The predicted octanol–water partition coefficient (Wildman–Crippen LogP) is -0.448. The molecule has 2 amide bonds. The Labute approximate surface area is 70.9 Å². The van der Waals surface area contributed by atoms with Crippen molar-refractivity contribution in [2.45, 2.75) is 0 Å². The Morgan fingerprint density at radius 2 is 2.25 bits per heavy atom. The fourth-order valence-corrected chi connectivity index (χ4v) is 0.993. The van der Waals surface area contributed by atoms with E-state index in [1.165, 1.54) is 0 Å². The summed E-state index contributed by atoms with van der Waals surface area (Å²) in [6.07, 6.45) is 0. The Balaban J connectivity index is 2.26. The maximum atomic E-state index is 11.2. The first kappa shape index (κ1) is 8.81. The highest BCUT2D eigenvalue weighted by Gasteiger charge is 2.15. The van der Waals surface area contributed by atoms with Crippen LogP contribution in [0.15, 0.2) is 0 Å². The van der Waals surface area contributed by atoms with Crippen molar-refractivity contribution in [1.29, 1.82) is 5.26 Å². The number of morpholine rings is 1. The summed E-state index contributed by atoms with van der Waals surface area (Å²) in [6, 6.07) is 1.67. The number of amides is 2. The van der Waals surface area contributed by atoms with Gasteiger partial charge in [0.15, 0.2) is 0 Å². The van der Waals surface area contributed by atoms with E-state index in [-0.39, 0.29) is 12.6 Å². The van der Waals surface area contributed by atoms with Gasteiger partial charge in [-0.2, -0.15) is 5.26 Å². The van der Waals surface area contributed by atoms with E-state index >= 15 is 0 Å². The lowest BCUT2D eigenvalue weighted by Crippen LogP contribution is -2.46. The van der Waals surface area contributed by atoms with Crippen molar-refractivity contribution >= 4 is 6.03 Å². The van der Waals surface area contributed by atoms with Crippen LogP contribution in [0.1, 0.15) is 0 Å². The Morgan fingerprint density at radius 3 is 2.83 bits per heavy atom. The molecule has 0 unspecified atom stereocenters. The molecule has 0 bridgehead atoms. The van der Waals surface area contributed by atoms with Gasteiger partial charge >= 0.3 is 6.03 Å². The first-order valence-corrected chi connectivity index (χ1v) is 3.82. The number of hydrogen-bond donors (Lipinski definition) is 1. The van der Waals surface area contributed by atoms with Gasteiger partial charge in [0, 0.05) is 13.1 Å². The third-order valence-electron chi connectivity index (χ3n) is 1.62. The highest BCUT2D eigenvalue weighted by molar-refractivity contribution is 5.74. The molecule has 0 aromatic carbocycles. The van der Waals surface area contributed by atoms with Crippen LogP contribution in [0.25, 0.3) is 0 Å². The van der Waals surface area contributed by atoms with Gasteiger partial charge in [-0.1, -0.05) is 0 Å². The maximum Gasteiger partial charge on any atom is 0.318 e. The topological polar surface area (TPSA) is 65.4 Å². The standard InChI is InChI=1S/C7H11N3O2/c8-1-2-9-7(11)10-3-5-12-6-4-10/h2-6H2,(H,9,11). The lowest BCUT2D eigenvalue weighted by Gasteiger charge is -2.26. The molecular weight excluding hydrogens is 158 g/mol. The zero-order chi connectivity index (χ0) is 8.81. The number of urea groups is 1. The van der Waals surface area contributed by atoms with Gasteiger partial charge in [0.05, 0.1) is 19.3 Å². The Kier molecular flexibility index (Phi) is 3.35. The number of hydrogen-bond acceptors (Lipinski definition) is 3. The summed E-state index contributed by atoms with van der Waals surface area (Å²) in [5, 5.41) is 10.7. The third-order valence-corrected chi connectivity index (χ3v) is 1.62. The molecule has 5 heteroatoms. The molecule has 12 heavy (non-hydrogen) atoms. The molecule has 1 aliphatic heterocycles. The molecule has 0 radical (unpaired) electrons. The number of ether oxygens (including phenoxy) is 1. The number of nitriles is 1. The molecule has 5 nitrogen and oxygen atoms in total. The van der Waals surface area contributed by atoms with E-state index in [1.807, 2.05) is 6.07 Å². The molecule has 0 aromatic rings. The molecule has 1 N–H and O–H groups in total. The summed E-state index contributed by atoms with van der Waals surface area (Å²) >= 11 is 0. The van der Waals surface area contributed by atoms with Crippen molar-refractivity contribution in [3.63, 3.8) is 0 Å². The Hall–Kier alpha value is -1.28. The molecule has 0 saturated carbocycles. The van der Waals surface area contributed by atoms with Crippen LogP contribution in [0, 0.1) is 11.3 Å². The summed E-state index contributed by atoms with van der Waals surface area (Å²) in [6.45, 7) is 2.45. The number of rotatable bonds is 1. The number of carbonyl (C=O) groups excluding carboxylic acids is 1. The van der Waals surface area contributed by atoms with E-state index < -0.39 is 0 Å². The molecule has 1 saturated heterocycles. The molecule has 1 heterocycles. The number of nitrogens with one attached hydrogen (secondary N) is 1. The van der Waals surface area contributed by atoms with Crippen molar-refractivity contribution in [3.8, 4) is 6.07 Å². The smallest absolute Gasteiger partial charge is 0.318 e. The molecule has 1 fully saturated rings. The summed E-state index contributed by atoms with van der Waals surface area (Å²) < 4.78 is 5.07. The zero-order valence-electron chi connectivity index (χ0n) is 6.75. The SMILES string of the molecule is N#CCNC(=O)N1CCOCC1. The predicted molar refractivity (Wildman–Crippen MR) is 41.4 cm³/mol. The minimum atomic E-state index is -0.181. The van der Waals surface area contributed by atoms with Gasteiger partial charge in [-0.05, 0) is 0 Å². The van der Waals surface area contributed by atoms with Crippen molar-refractivity contribution in [3.05, 3.63) is 0 Å². The summed E-state index contributed by atoms with van der Waals surface area (Å²) in [4.78, 5) is 12.8. The van der Waals surface area contributed by atoms with Gasteiger partial charge in [-0.3, -0.25) is 0 Å².